The summed E-state index contributed by atoms with van der Waals surface area (Å²) in [5.74, 6) is 0. The second-order valence-electron chi connectivity index (χ2n) is 4.01. The minimum Gasteiger partial charge on any atom is -0.497 e. The van der Waals surface area contributed by atoms with Gasteiger partial charge in [-0.1, -0.05) is 59.0 Å². The highest BCUT2D eigenvalue weighted by atomic mass is 127. The van der Waals surface area contributed by atoms with Gasteiger partial charge in [-0.2, -0.15) is 0 Å². The molecule has 0 amide bonds. The third-order valence-electron chi connectivity index (χ3n) is 2.41. The molecular formula is C15H19IO. The Morgan fingerprint density at radius 2 is 2.06 bits per heavy atom. The van der Waals surface area contributed by atoms with Gasteiger partial charge in [-0.15, -0.1) is 0 Å². The fraction of sp³-hybridized carbons (Fsp3) is 0.333. The Morgan fingerprint density at radius 3 is 2.76 bits per heavy atom. The van der Waals surface area contributed by atoms with E-state index < -0.39 is 0 Å². The lowest BCUT2D eigenvalue weighted by Gasteiger charge is -2.03. The molecule has 92 valence electrons. The Labute approximate surface area is 118 Å². The molecule has 0 heterocycles. The number of halogens is 1. The standard InChI is InChI=1S/C15H19IO/c1-14(8-4-3-7-11-16)12-17-13-15-9-5-2-6-10-15/h2,5-7,9-12H,3-4,8,13H2,1H3/b11-7-,14-12+. The van der Waals surface area contributed by atoms with Crippen LogP contribution in [-0.4, -0.2) is 0 Å². The summed E-state index contributed by atoms with van der Waals surface area (Å²) in [7, 11) is 0. The summed E-state index contributed by atoms with van der Waals surface area (Å²) >= 11 is 2.25. The largest absolute Gasteiger partial charge is 0.497 e. The van der Waals surface area contributed by atoms with E-state index in [1.165, 1.54) is 17.6 Å². The smallest absolute Gasteiger partial charge is 0.112 e. The molecule has 0 aromatic heterocycles. The van der Waals surface area contributed by atoms with Crippen LogP contribution in [0.5, 0.6) is 0 Å². The first-order chi connectivity index (χ1) is 8.33. The van der Waals surface area contributed by atoms with Crippen LogP contribution < -0.4 is 0 Å². The molecule has 1 nitrogen and oxygen atoms in total. The zero-order chi connectivity index (χ0) is 12.3. The van der Waals surface area contributed by atoms with Gasteiger partial charge in [0.25, 0.3) is 0 Å². The first-order valence-electron chi connectivity index (χ1n) is 5.89. The number of unbranched alkanes of at least 4 members (excludes halogenated alkanes) is 1. The normalized spacial score (nSPS) is 12.0. The average Bonchev–Trinajstić information content (AvgIpc) is 2.36. The summed E-state index contributed by atoms with van der Waals surface area (Å²) in [5.41, 5.74) is 2.52. The molecule has 0 saturated carbocycles. The lowest BCUT2D eigenvalue weighted by molar-refractivity contribution is 0.232. The van der Waals surface area contributed by atoms with Crippen molar-refractivity contribution in [2.45, 2.75) is 32.8 Å². The van der Waals surface area contributed by atoms with Crippen LogP contribution in [0.3, 0.4) is 0 Å². The molecule has 2 heteroatoms. The molecule has 0 fully saturated rings. The molecule has 17 heavy (non-hydrogen) atoms. The Morgan fingerprint density at radius 1 is 1.29 bits per heavy atom. The van der Waals surface area contributed by atoms with E-state index in [0.717, 1.165) is 12.8 Å². The van der Waals surface area contributed by atoms with E-state index in [0.29, 0.717) is 6.61 Å². The fourth-order valence-electron chi connectivity index (χ4n) is 1.48. The molecule has 0 bridgehead atoms. The van der Waals surface area contributed by atoms with Crippen LogP contribution in [0.4, 0.5) is 0 Å². The molecule has 0 spiro atoms. The lowest BCUT2D eigenvalue weighted by Crippen LogP contribution is -1.87. The van der Waals surface area contributed by atoms with Crippen molar-refractivity contribution in [1.82, 2.24) is 0 Å². The van der Waals surface area contributed by atoms with E-state index in [4.69, 9.17) is 4.74 Å². The van der Waals surface area contributed by atoms with Gasteiger partial charge in [-0.25, -0.2) is 0 Å². The summed E-state index contributed by atoms with van der Waals surface area (Å²) in [6, 6.07) is 10.2. The van der Waals surface area contributed by atoms with Gasteiger partial charge in [-0.05, 0) is 41.4 Å². The van der Waals surface area contributed by atoms with Gasteiger partial charge in [0.2, 0.25) is 0 Å². The Bertz CT molecular complexity index is 354. The highest BCUT2D eigenvalue weighted by Crippen LogP contribution is 2.09. The predicted molar refractivity (Wildman–Crippen MR) is 82.0 cm³/mol. The van der Waals surface area contributed by atoms with Crippen molar-refractivity contribution in [2.75, 3.05) is 0 Å². The lowest BCUT2D eigenvalue weighted by atomic mass is 10.1. The van der Waals surface area contributed by atoms with Gasteiger partial charge in [0, 0.05) is 0 Å². The monoisotopic (exact) mass is 342 g/mol. The van der Waals surface area contributed by atoms with Crippen LogP contribution >= 0.6 is 22.6 Å². The van der Waals surface area contributed by atoms with E-state index in [1.807, 2.05) is 24.5 Å². The molecule has 1 rings (SSSR count). The van der Waals surface area contributed by atoms with Crippen molar-refractivity contribution < 1.29 is 4.74 Å². The predicted octanol–water partition coefficient (Wildman–Crippen LogP) is 5.23. The van der Waals surface area contributed by atoms with Crippen molar-refractivity contribution in [1.29, 1.82) is 0 Å². The molecule has 0 aliphatic heterocycles. The summed E-state index contributed by atoms with van der Waals surface area (Å²) in [6.45, 7) is 2.78. The Kier molecular flexibility index (Phi) is 7.80. The summed E-state index contributed by atoms with van der Waals surface area (Å²) < 4.78 is 7.63. The number of hydrogen-bond acceptors (Lipinski definition) is 1. The quantitative estimate of drug-likeness (QED) is 0.375. The van der Waals surface area contributed by atoms with Crippen LogP contribution in [0.25, 0.3) is 0 Å². The van der Waals surface area contributed by atoms with Gasteiger partial charge in [0.05, 0.1) is 6.26 Å². The van der Waals surface area contributed by atoms with Gasteiger partial charge in [0.1, 0.15) is 6.61 Å². The van der Waals surface area contributed by atoms with Crippen molar-refractivity contribution >= 4 is 22.6 Å². The zero-order valence-corrected chi connectivity index (χ0v) is 12.4. The van der Waals surface area contributed by atoms with Crippen LogP contribution in [0.2, 0.25) is 0 Å². The van der Waals surface area contributed by atoms with Crippen molar-refractivity contribution in [3.63, 3.8) is 0 Å². The molecule has 0 N–H and O–H groups in total. The third-order valence-corrected chi connectivity index (χ3v) is 2.92. The number of hydrogen-bond donors (Lipinski definition) is 0. The van der Waals surface area contributed by atoms with Gasteiger partial charge < -0.3 is 4.74 Å². The maximum absolute atomic E-state index is 5.56. The Balaban J connectivity index is 2.19. The van der Waals surface area contributed by atoms with Crippen molar-refractivity contribution in [2.24, 2.45) is 0 Å². The van der Waals surface area contributed by atoms with E-state index in [9.17, 15) is 0 Å². The molecule has 0 aliphatic carbocycles. The third kappa shape index (κ3) is 7.21. The number of rotatable bonds is 7. The first kappa shape index (κ1) is 14.3. The summed E-state index contributed by atoms with van der Waals surface area (Å²) in [4.78, 5) is 0. The second kappa shape index (κ2) is 9.28. The molecule has 0 saturated heterocycles. The highest BCUT2D eigenvalue weighted by molar-refractivity contribution is 14.1. The second-order valence-corrected chi connectivity index (χ2v) is 4.73. The SMILES string of the molecule is C/C(=C\OCc1ccccc1)CCC/C=C\I. The molecule has 0 unspecified atom stereocenters. The summed E-state index contributed by atoms with van der Waals surface area (Å²) in [6.07, 6.45) is 7.53. The van der Waals surface area contributed by atoms with Crippen LogP contribution in [0.15, 0.2) is 52.3 Å². The van der Waals surface area contributed by atoms with Crippen LogP contribution in [0, 0.1) is 0 Å². The maximum atomic E-state index is 5.56. The molecule has 0 radical (unpaired) electrons. The fourth-order valence-corrected chi connectivity index (χ4v) is 1.83. The van der Waals surface area contributed by atoms with Gasteiger partial charge in [-0.3, -0.25) is 0 Å². The van der Waals surface area contributed by atoms with Gasteiger partial charge >= 0.3 is 0 Å². The molecule has 0 aliphatic rings. The van der Waals surface area contributed by atoms with E-state index in [2.05, 4.69) is 51.8 Å². The number of allylic oxidation sites excluding steroid dienone is 2. The highest BCUT2D eigenvalue weighted by Gasteiger charge is 1.92. The minimum atomic E-state index is 0.659. The van der Waals surface area contributed by atoms with E-state index in [-0.39, 0.29) is 0 Å². The molecule has 1 aromatic rings. The van der Waals surface area contributed by atoms with E-state index in [1.54, 1.807) is 0 Å². The number of ether oxygens (including phenoxy) is 1. The van der Waals surface area contributed by atoms with Crippen molar-refractivity contribution in [3.8, 4) is 0 Å². The molecule has 0 atom stereocenters. The molecular weight excluding hydrogens is 323 g/mol. The first-order valence-corrected chi connectivity index (χ1v) is 7.14. The van der Waals surface area contributed by atoms with E-state index >= 15 is 0 Å². The van der Waals surface area contributed by atoms with Gasteiger partial charge in [0.15, 0.2) is 0 Å². The maximum Gasteiger partial charge on any atom is 0.112 e. The Hall–Kier alpha value is -0.770. The topological polar surface area (TPSA) is 9.23 Å². The summed E-state index contributed by atoms with van der Waals surface area (Å²) in [5, 5.41) is 0. The number of benzene rings is 1. The van der Waals surface area contributed by atoms with Crippen molar-refractivity contribution in [3.05, 3.63) is 57.9 Å². The zero-order valence-electron chi connectivity index (χ0n) is 10.2. The van der Waals surface area contributed by atoms with Crippen LogP contribution in [-0.2, 0) is 11.3 Å². The average molecular weight is 342 g/mol. The minimum absolute atomic E-state index is 0.659. The van der Waals surface area contributed by atoms with Crippen LogP contribution in [0.1, 0.15) is 31.7 Å². The molecule has 1 aromatic carbocycles.